The maximum Gasteiger partial charge on any atom is 0.418 e. The van der Waals surface area contributed by atoms with Crippen LogP contribution < -0.4 is 32.2 Å². The molecule has 1 saturated heterocycles. The lowest BCUT2D eigenvalue weighted by Crippen LogP contribution is -2.77. The number of carbonyl (C=O) groups is 3. The number of aromatic nitrogens is 3. The number of ether oxygens (including phenoxy) is 1. The van der Waals surface area contributed by atoms with E-state index >= 15 is 0 Å². The molecule has 2 amide bonds. The second kappa shape index (κ2) is 14.3. The minimum atomic E-state index is -5.01. The van der Waals surface area contributed by atoms with Crippen molar-refractivity contribution in [2.45, 2.75) is 50.0 Å². The molecule has 3 atom stereocenters. The van der Waals surface area contributed by atoms with Crippen molar-refractivity contribution in [1.82, 2.24) is 30.2 Å². The van der Waals surface area contributed by atoms with Gasteiger partial charge in [-0.3, -0.25) is 14.1 Å². The molecule has 0 aliphatic carbocycles. The van der Waals surface area contributed by atoms with Crippen LogP contribution in [0.4, 0.5) is 11.8 Å². The predicted molar refractivity (Wildman–Crippen MR) is 161 cm³/mol. The average molecular weight is 685 g/mol. The molecule has 2 aromatic rings. The van der Waals surface area contributed by atoms with E-state index in [4.69, 9.17) is 25.6 Å². The number of nitrogens with zero attached hydrogens (tertiary/aromatic N) is 5. The number of nitrogens with two attached hydrogens (primary N) is 2. The number of carboxylic acids is 1. The van der Waals surface area contributed by atoms with Crippen LogP contribution in [0.25, 0.3) is 0 Å². The molecule has 1 fully saturated rings. The van der Waals surface area contributed by atoms with Crippen molar-refractivity contribution >= 4 is 57.4 Å². The highest BCUT2D eigenvalue weighted by molar-refractivity contribution is 8.02. The van der Waals surface area contributed by atoms with E-state index in [2.05, 4.69) is 35.4 Å². The van der Waals surface area contributed by atoms with E-state index in [-0.39, 0.29) is 11.4 Å². The van der Waals surface area contributed by atoms with Gasteiger partial charge < -0.3 is 46.7 Å². The maximum atomic E-state index is 13.2. The summed E-state index contributed by atoms with van der Waals surface area (Å²) in [6.45, 7) is 3.39. The summed E-state index contributed by atoms with van der Waals surface area (Å²) in [7, 11) is -5.01. The molecule has 22 heteroatoms. The highest BCUT2D eigenvalue weighted by atomic mass is 32.3. The van der Waals surface area contributed by atoms with Crippen LogP contribution in [0.2, 0.25) is 0 Å². The Morgan fingerprint density at radius 2 is 2.07 bits per heavy atom. The number of oxime groups is 1. The largest absolute Gasteiger partial charge is 0.487 e. The van der Waals surface area contributed by atoms with Crippen LogP contribution in [0.3, 0.4) is 0 Å². The van der Waals surface area contributed by atoms with Crippen molar-refractivity contribution in [1.29, 1.82) is 0 Å². The summed E-state index contributed by atoms with van der Waals surface area (Å²) in [5.41, 5.74) is 8.90. The summed E-state index contributed by atoms with van der Waals surface area (Å²) in [5.74, 6) is -2.22. The lowest BCUT2D eigenvalue weighted by Gasteiger charge is -2.50. The van der Waals surface area contributed by atoms with Gasteiger partial charge in [-0.2, -0.15) is 13.5 Å². The lowest BCUT2D eigenvalue weighted by molar-refractivity contribution is -0.218. The molecule has 2 aliphatic rings. The molecule has 0 saturated carbocycles. The Morgan fingerprint density at radius 1 is 1.30 bits per heavy atom. The number of amides is 2. The fourth-order valence-electron chi connectivity index (χ4n) is 4.08. The first-order chi connectivity index (χ1) is 21.7. The van der Waals surface area contributed by atoms with Gasteiger partial charge in [0.05, 0.1) is 17.4 Å². The highest BCUT2D eigenvalue weighted by Crippen LogP contribution is 2.33. The summed E-state index contributed by atoms with van der Waals surface area (Å²) in [6, 6.07) is 1.82. The van der Waals surface area contributed by atoms with Crippen molar-refractivity contribution in [2.24, 2.45) is 16.6 Å². The van der Waals surface area contributed by atoms with Crippen LogP contribution in [0.1, 0.15) is 20.3 Å². The molecule has 1 unspecified atom stereocenters. The number of hydrogen-bond acceptors (Lipinski definition) is 16. The van der Waals surface area contributed by atoms with Crippen molar-refractivity contribution in [3.8, 4) is 5.75 Å². The Labute approximate surface area is 266 Å². The van der Waals surface area contributed by atoms with Crippen molar-refractivity contribution in [2.75, 3.05) is 18.5 Å². The third kappa shape index (κ3) is 8.41. The van der Waals surface area contributed by atoms with Gasteiger partial charge in [-0.25, -0.2) is 14.8 Å². The Balaban J connectivity index is 1.41. The fraction of sp³-hybridized carbons (Fsp3) is 0.417. The summed E-state index contributed by atoms with van der Waals surface area (Å²) >= 11 is 1.09. The number of pyridine rings is 1. The van der Waals surface area contributed by atoms with Gasteiger partial charge in [0, 0.05) is 24.3 Å². The number of thioether (sulfide) groups is 1. The monoisotopic (exact) mass is 684 g/mol. The van der Waals surface area contributed by atoms with Crippen LogP contribution in [-0.2, 0) is 40.4 Å². The van der Waals surface area contributed by atoms with Gasteiger partial charge in [0.1, 0.15) is 29.7 Å². The maximum absolute atomic E-state index is 13.2. The topological polar surface area (TPSA) is 288 Å². The van der Waals surface area contributed by atoms with Crippen LogP contribution in [-0.4, -0.2) is 97.5 Å². The zero-order valence-corrected chi connectivity index (χ0v) is 26.0. The molecule has 9 N–H and O–H groups in total. The molecule has 0 aromatic carbocycles. The minimum Gasteiger partial charge on any atom is -0.487 e. The van der Waals surface area contributed by atoms with E-state index in [1.807, 2.05) is 4.57 Å². The molecule has 2 aliphatic heterocycles. The SMILES string of the molecule is CC1(C)[C@H](NC(=O)/C(=N\O[C@H](COc2ccc(Nc3nccn3CCCN)nc2)C(=O)O)C2=CSC(N)N2)C(=O)N1OS(=O)(=O)O. The molecular formula is C24H32N10O10S2. The smallest absolute Gasteiger partial charge is 0.418 e. The number of hydrogen-bond donors (Lipinski definition) is 7. The van der Waals surface area contributed by atoms with Gasteiger partial charge in [-0.05, 0) is 38.9 Å². The molecule has 2 aromatic heterocycles. The summed E-state index contributed by atoms with van der Waals surface area (Å²) < 4.78 is 42.8. The van der Waals surface area contributed by atoms with E-state index in [9.17, 15) is 27.9 Å². The number of anilines is 2. The predicted octanol–water partition coefficient (Wildman–Crippen LogP) is -1.16. The Morgan fingerprint density at radius 3 is 2.65 bits per heavy atom. The molecule has 0 radical (unpaired) electrons. The number of rotatable bonds is 16. The summed E-state index contributed by atoms with van der Waals surface area (Å²) in [6.07, 6.45) is 3.86. The van der Waals surface area contributed by atoms with E-state index in [0.29, 0.717) is 29.9 Å². The van der Waals surface area contributed by atoms with E-state index in [0.717, 1.165) is 18.2 Å². The average Bonchev–Trinajstić information content (AvgIpc) is 3.63. The van der Waals surface area contributed by atoms with Crippen LogP contribution in [0, 0.1) is 0 Å². The second-order valence-corrected chi connectivity index (χ2v) is 12.2. The standard InChI is InChI=1S/C24H32N10O10S2/c1-24(2)18(20(36)34(24)44-46(39,40)41)31-19(35)17(14-12-45-22(26)29-14)32-43-15(21(37)38)11-42-13-4-5-16(28-10-13)30-23-27-7-9-33(23)8-3-6-25/h4-5,7,9-10,12,15,18,22,29H,3,6,8,11,25-26H2,1-2H3,(H,31,35)(H,37,38)(H,27,28,30)(H,39,40,41)/b32-17-/t15-,18-,22?/m1/s1. The third-order valence-corrected chi connectivity index (χ3v) is 7.58. The molecular weight excluding hydrogens is 652 g/mol. The zero-order valence-electron chi connectivity index (χ0n) is 24.4. The number of aliphatic carboxylic acids is 1. The zero-order chi connectivity index (χ0) is 33.6. The van der Waals surface area contributed by atoms with E-state index in [1.54, 1.807) is 24.5 Å². The molecule has 4 rings (SSSR count). The van der Waals surface area contributed by atoms with E-state index < -0.39 is 63.7 Å². The van der Waals surface area contributed by atoms with Gasteiger partial charge in [0.15, 0.2) is 5.71 Å². The number of imidazole rings is 1. The summed E-state index contributed by atoms with van der Waals surface area (Å²) in [4.78, 5) is 51.3. The van der Waals surface area contributed by atoms with Crippen LogP contribution in [0.5, 0.6) is 5.75 Å². The first-order valence-corrected chi connectivity index (χ1v) is 15.7. The number of aryl methyl sites for hydroxylation is 1. The fourth-order valence-corrected chi connectivity index (χ4v) is 5.19. The van der Waals surface area contributed by atoms with Crippen molar-refractivity contribution in [3.05, 3.63) is 41.8 Å². The molecule has 250 valence electrons. The van der Waals surface area contributed by atoms with Crippen LogP contribution in [0.15, 0.2) is 47.0 Å². The number of nitrogens with one attached hydrogen (secondary N) is 3. The molecule has 0 bridgehead atoms. The van der Waals surface area contributed by atoms with Gasteiger partial charge >= 0.3 is 16.4 Å². The summed E-state index contributed by atoms with van der Waals surface area (Å²) in [5, 5.41) is 23.4. The molecule has 20 nitrogen and oxygen atoms in total. The number of hydroxylamine groups is 2. The number of carbonyl (C=O) groups excluding carboxylic acids is 2. The van der Waals surface area contributed by atoms with Crippen molar-refractivity contribution in [3.63, 3.8) is 0 Å². The van der Waals surface area contributed by atoms with E-state index in [1.165, 1.54) is 25.5 Å². The minimum absolute atomic E-state index is 0.0617. The molecule has 0 spiro atoms. The van der Waals surface area contributed by atoms with Gasteiger partial charge in [0.2, 0.25) is 5.95 Å². The van der Waals surface area contributed by atoms with Gasteiger partial charge in [-0.15, -0.1) is 4.28 Å². The Bertz CT molecular complexity index is 1610. The second-order valence-electron chi connectivity index (χ2n) is 10.2. The first-order valence-electron chi connectivity index (χ1n) is 13.4. The Kier molecular flexibility index (Phi) is 10.7. The van der Waals surface area contributed by atoms with Crippen LogP contribution >= 0.6 is 11.8 Å². The van der Waals surface area contributed by atoms with Crippen molar-refractivity contribution < 1.29 is 46.3 Å². The highest BCUT2D eigenvalue weighted by Gasteiger charge is 2.58. The number of carboxylic acid groups (broad SMARTS) is 1. The normalized spacial score (nSPS) is 19.8. The lowest BCUT2D eigenvalue weighted by atomic mass is 9.84. The quantitative estimate of drug-likeness (QED) is 0.0474. The number of β-lactam (4-membered cyclic amide) rings is 1. The molecule has 4 heterocycles. The van der Waals surface area contributed by atoms with Gasteiger partial charge in [0.25, 0.3) is 17.9 Å². The van der Waals surface area contributed by atoms with Gasteiger partial charge in [-0.1, -0.05) is 16.9 Å². The molecule has 46 heavy (non-hydrogen) atoms. The Hall–Kier alpha value is -4.48. The first kappa shape index (κ1) is 34.4. The third-order valence-electron chi connectivity index (χ3n) is 6.46.